The van der Waals surface area contributed by atoms with Crippen molar-refractivity contribution in [1.82, 2.24) is 13.9 Å². The highest BCUT2D eigenvalue weighted by atomic mass is 32.2. The molecule has 18 heavy (non-hydrogen) atoms. The van der Waals surface area contributed by atoms with E-state index in [0.717, 1.165) is 0 Å². The summed E-state index contributed by atoms with van der Waals surface area (Å²) in [5.74, 6) is 0. The third kappa shape index (κ3) is 3.27. The van der Waals surface area contributed by atoms with Gasteiger partial charge in [0.25, 0.3) is 10.0 Å². The molecule has 0 fully saturated rings. The van der Waals surface area contributed by atoms with E-state index in [-0.39, 0.29) is 11.1 Å². The van der Waals surface area contributed by atoms with Gasteiger partial charge in [0.05, 0.1) is 11.3 Å². The molecule has 102 valence electrons. The predicted octanol–water partition coefficient (Wildman–Crippen LogP) is 0.588. The maximum Gasteiger partial charge on any atom is 0.262 e. The van der Waals surface area contributed by atoms with Crippen molar-refractivity contribution in [2.45, 2.75) is 37.9 Å². The first-order valence-electron chi connectivity index (χ1n) is 5.57. The van der Waals surface area contributed by atoms with E-state index in [1.54, 1.807) is 11.5 Å². The second kappa shape index (κ2) is 5.77. The fraction of sp³-hybridized carbons (Fsp3) is 0.600. The van der Waals surface area contributed by atoms with Crippen molar-refractivity contribution in [1.29, 1.82) is 0 Å². The minimum absolute atomic E-state index is 0.0432. The lowest BCUT2D eigenvalue weighted by molar-refractivity contribution is 0.395. The van der Waals surface area contributed by atoms with Gasteiger partial charge in [-0.1, -0.05) is 12.2 Å². The number of imidazole rings is 1. The third-order valence-electron chi connectivity index (χ3n) is 2.74. The standard InChI is InChI=1S/C10H18N4O2S2/c1-4-14-6-10(12-7-14)18(15,16)13(3)8(2)5-9(11)17/h6-8H,4-5H2,1-3H3,(H2,11,17). The number of nitrogens with zero attached hydrogens (tertiary/aromatic N) is 3. The van der Waals surface area contributed by atoms with Crippen molar-refractivity contribution >= 4 is 27.2 Å². The smallest absolute Gasteiger partial charge is 0.262 e. The summed E-state index contributed by atoms with van der Waals surface area (Å²) in [6, 6.07) is -0.292. The quantitative estimate of drug-likeness (QED) is 0.775. The third-order valence-corrected chi connectivity index (χ3v) is 4.76. The van der Waals surface area contributed by atoms with E-state index in [1.807, 2.05) is 6.92 Å². The van der Waals surface area contributed by atoms with Crippen molar-refractivity contribution in [3.05, 3.63) is 12.5 Å². The summed E-state index contributed by atoms with van der Waals surface area (Å²) < 4.78 is 27.5. The number of rotatable bonds is 6. The maximum absolute atomic E-state index is 12.3. The molecule has 0 aliphatic heterocycles. The van der Waals surface area contributed by atoms with Crippen LogP contribution in [0.1, 0.15) is 20.3 Å². The Morgan fingerprint density at radius 2 is 2.28 bits per heavy atom. The van der Waals surface area contributed by atoms with E-state index in [2.05, 4.69) is 4.98 Å². The highest BCUT2D eigenvalue weighted by Crippen LogP contribution is 2.15. The van der Waals surface area contributed by atoms with Crippen molar-refractivity contribution in [2.75, 3.05) is 7.05 Å². The molecule has 0 aliphatic carbocycles. The number of aromatic nitrogens is 2. The molecule has 0 radical (unpaired) electrons. The summed E-state index contributed by atoms with van der Waals surface area (Å²) in [5, 5.41) is 0.0432. The first kappa shape index (κ1) is 15.1. The molecule has 0 saturated carbocycles. The molecule has 0 bridgehead atoms. The molecule has 1 aromatic heterocycles. The van der Waals surface area contributed by atoms with E-state index in [4.69, 9.17) is 18.0 Å². The minimum Gasteiger partial charge on any atom is -0.393 e. The topological polar surface area (TPSA) is 81.2 Å². The van der Waals surface area contributed by atoms with Gasteiger partial charge in [0.1, 0.15) is 0 Å². The van der Waals surface area contributed by atoms with Gasteiger partial charge in [-0.25, -0.2) is 13.4 Å². The zero-order valence-corrected chi connectivity index (χ0v) is 12.3. The molecule has 1 heterocycles. The Morgan fingerprint density at radius 3 is 2.72 bits per heavy atom. The van der Waals surface area contributed by atoms with Crippen LogP contribution in [0, 0.1) is 0 Å². The van der Waals surface area contributed by atoms with E-state index in [9.17, 15) is 8.42 Å². The van der Waals surface area contributed by atoms with Gasteiger partial charge in [0, 0.05) is 32.3 Å². The van der Waals surface area contributed by atoms with Crippen LogP contribution in [0.4, 0.5) is 0 Å². The summed E-state index contributed by atoms with van der Waals surface area (Å²) in [7, 11) is -2.08. The van der Waals surface area contributed by atoms with Crippen molar-refractivity contribution < 1.29 is 8.42 Å². The number of hydrogen-bond acceptors (Lipinski definition) is 4. The van der Waals surface area contributed by atoms with Crippen molar-refractivity contribution in [3.8, 4) is 0 Å². The predicted molar refractivity (Wildman–Crippen MR) is 73.7 cm³/mol. The van der Waals surface area contributed by atoms with Crippen LogP contribution < -0.4 is 5.73 Å². The Balaban J connectivity index is 2.95. The summed E-state index contributed by atoms with van der Waals surface area (Å²) >= 11 is 4.79. The lowest BCUT2D eigenvalue weighted by atomic mass is 10.2. The molecule has 1 rings (SSSR count). The minimum atomic E-state index is -3.59. The molecule has 2 N–H and O–H groups in total. The van der Waals surface area contributed by atoms with Crippen LogP contribution in [0.5, 0.6) is 0 Å². The van der Waals surface area contributed by atoms with Gasteiger partial charge in [0.2, 0.25) is 0 Å². The Labute approximate surface area is 113 Å². The van der Waals surface area contributed by atoms with E-state index in [1.165, 1.54) is 23.9 Å². The average Bonchev–Trinajstić information content (AvgIpc) is 2.76. The van der Waals surface area contributed by atoms with Gasteiger partial charge in [0.15, 0.2) is 5.03 Å². The lowest BCUT2D eigenvalue weighted by Gasteiger charge is -2.22. The van der Waals surface area contributed by atoms with Crippen LogP contribution in [-0.4, -0.2) is 40.4 Å². The van der Waals surface area contributed by atoms with E-state index in [0.29, 0.717) is 18.0 Å². The molecule has 6 nitrogen and oxygen atoms in total. The summed E-state index contributed by atoms with van der Waals surface area (Å²) in [6.45, 7) is 4.35. The Hall–Kier alpha value is -0.990. The number of hydrogen-bond donors (Lipinski definition) is 1. The molecule has 8 heteroatoms. The first-order valence-corrected chi connectivity index (χ1v) is 7.42. The second-order valence-corrected chi connectivity index (χ2v) is 6.55. The van der Waals surface area contributed by atoms with Crippen molar-refractivity contribution in [2.24, 2.45) is 5.73 Å². The van der Waals surface area contributed by atoms with Gasteiger partial charge < -0.3 is 10.3 Å². The number of sulfonamides is 1. The van der Waals surface area contributed by atoms with Crippen LogP contribution in [-0.2, 0) is 16.6 Å². The lowest BCUT2D eigenvalue weighted by Crippen LogP contribution is -2.37. The average molecular weight is 290 g/mol. The molecule has 0 spiro atoms. The molecule has 0 aromatic carbocycles. The summed E-state index contributed by atoms with van der Waals surface area (Å²) in [6.07, 6.45) is 3.36. The molecular formula is C10H18N4O2S2. The van der Waals surface area contributed by atoms with Crippen LogP contribution in [0.15, 0.2) is 17.6 Å². The van der Waals surface area contributed by atoms with Crippen LogP contribution >= 0.6 is 12.2 Å². The van der Waals surface area contributed by atoms with Gasteiger partial charge >= 0.3 is 0 Å². The van der Waals surface area contributed by atoms with Crippen LogP contribution in [0.2, 0.25) is 0 Å². The summed E-state index contributed by atoms with van der Waals surface area (Å²) in [5.41, 5.74) is 5.43. The first-order chi connectivity index (χ1) is 8.28. The fourth-order valence-corrected chi connectivity index (χ4v) is 2.98. The monoisotopic (exact) mass is 290 g/mol. The Bertz CT molecular complexity index is 524. The number of thiocarbonyl (C=S) groups is 1. The zero-order valence-electron chi connectivity index (χ0n) is 10.7. The van der Waals surface area contributed by atoms with E-state index >= 15 is 0 Å². The Kier molecular flexibility index (Phi) is 4.83. The SMILES string of the molecule is CCn1cnc(S(=O)(=O)N(C)C(C)CC(N)=S)c1. The largest absolute Gasteiger partial charge is 0.393 e. The van der Waals surface area contributed by atoms with Gasteiger partial charge in [-0.15, -0.1) is 0 Å². The highest BCUT2D eigenvalue weighted by Gasteiger charge is 2.27. The fourth-order valence-electron chi connectivity index (χ4n) is 1.45. The Morgan fingerprint density at radius 1 is 1.67 bits per heavy atom. The van der Waals surface area contributed by atoms with Gasteiger partial charge in [-0.3, -0.25) is 0 Å². The van der Waals surface area contributed by atoms with Gasteiger partial charge in [-0.2, -0.15) is 4.31 Å². The molecule has 0 amide bonds. The highest BCUT2D eigenvalue weighted by molar-refractivity contribution is 7.89. The number of aryl methyl sites for hydroxylation is 1. The molecule has 0 aliphatic rings. The second-order valence-electron chi connectivity index (χ2n) is 4.08. The maximum atomic E-state index is 12.3. The molecule has 1 atom stereocenters. The van der Waals surface area contributed by atoms with E-state index < -0.39 is 10.0 Å². The van der Waals surface area contributed by atoms with Crippen LogP contribution in [0.3, 0.4) is 0 Å². The van der Waals surface area contributed by atoms with Crippen LogP contribution in [0.25, 0.3) is 0 Å². The molecule has 1 aromatic rings. The zero-order chi connectivity index (χ0) is 13.9. The molecular weight excluding hydrogens is 272 g/mol. The summed E-state index contributed by atoms with van der Waals surface area (Å²) in [4.78, 5) is 4.21. The molecule has 1 unspecified atom stereocenters. The van der Waals surface area contributed by atoms with Crippen molar-refractivity contribution in [3.63, 3.8) is 0 Å². The number of nitrogens with two attached hydrogens (primary N) is 1. The normalized spacial score (nSPS) is 13.8. The van der Waals surface area contributed by atoms with Gasteiger partial charge in [-0.05, 0) is 13.8 Å². The molecule has 0 saturated heterocycles.